The Bertz CT molecular complexity index is 476. The van der Waals surface area contributed by atoms with Gasteiger partial charge >= 0.3 is 0 Å². The highest BCUT2D eigenvalue weighted by Crippen LogP contribution is 2.18. The Hall–Kier alpha value is -0.870. The molecule has 1 amide bonds. The van der Waals surface area contributed by atoms with Crippen LogP contribution in [0.15, 0.2) is 22.7 Å². The zero-order chi connectivity index (χ0) is 14.5. The number of nitrogens with one attached hydrogen (secondary N) is 1. The zero-order valence-electron chi connectivity index (χ0n) is 12.3. The molecule has 0 bridgehead atoms. The normalized spacial score (nSPS) is 19.1. The molecule has 1 aromatic rings. The van der Waals surface area contributed by atoms with Crippen molar-refractivity contribution in [3.05, 3.63) is 33.8 Å². The lowest BCUT2D eigenvalue weighted by Gasteiger charge is -2.32. The molecule has 110 valence electrons. The number of hydrogen-bond donors (Lipinski definition) is 1. The van der Waals surface area contributed by atoms with Gasteiger partial charge < -0.3 is 10.2 Å². The van der Waals surface area contributed by atoms with E-state index in [4.69, 9.17) is 0 Å². The maximum Gasteiger partial charge on any atom is 0.222 e. The Labute approximate surface area is 129 Å². The summed E-state index contributed by atoms with van der Waals surface area (Å²) in [6.07, 6.45) is 3.71. The van der Waals surface area contributed by atoms with Gasteiger partial charge in [0.2, 0.25) is 5.91 Å². The topological polar surface area (TPSA) is 32.3 Å². The van der Waals surface area contributed by atoms with Crippen molar-refractivity contribution in [2.45, 2.75) is 38.6 Å². The summed E-state index contributed by atoms with van der Waals surface area (Å²) in [5.41, 5.74) is 2.46. The van der Waals surface area contributed by atoms with Crippen molar-refractivity contribution < 1.29 is 4.79 Å². The SMILES string of the molecule is CN[C@H]1CCCN(C(=O)CCc2ccc(Br)c(C)c2)C1. The molecular weight excluding hydrogens is 316 g/mol. The Kier molecular flexibility index (Phi) is 5.61. The summed E-state index contributed by atoms with van der Waals surface area (Å²) >= 11 is 3.50. The van der Waals surface area contributed by atoms with Crippen LogP contribution in [-0.4, -0.2) is 37.0 Å². The molecule has 1 saturated heterocycles. The van der Waals surface area contributed by atoms with Gasteiger partial charge in [0.1, 0.15) is 0 Å². The van der Waals surface area contributed by atoms with Gasteiger partial charge in [-0.15, -0.1) is 0 Å². The second-order valence-corrected chi connectivity index (χ2v) is 6.41. The molecule has 1 N–H and O–H groups in total. The van der Waals surface area contributed by atoms with Crippen molar-refractivity contribution in [3.8, 4) is 0 Å². The predicted octanol–water partition coefficient (Wildman–Crippen LogP) is 2.90. The molecule has 0 aliphatic carbocycles. The fourth-order valence-corrected chi connectivity index (χ4v) is 2.96. The number of aryl methyl sites for hydroxylation is 2. The molecule has 1 atom stereocenters. The van der Waals surface area contributed by atoms with E-state index in [9.17, 15) is 4.79 Å². The Balaban J connectivity index is 1.86. The largest absolute Gasteiger partial charge is 0.341 e. The Morgan fingerprint density at radius 3 is 3.00 bits per heavy atom. The van der Waals surface area contributed by atoms with Crippen LogP contribution in [0.2, 0.25) is 0 Å². The number of likely N-dealkylation sites (N-methyl/N-ethyl adjacent to an activating group) is 1. The Morgan fingerprint density at radius 1 is 1.50 bits per heavy atom. The monoisotopic (exact) mass is 338 g/mol. The molecule has 0 radical (unpaired) electrons. The van der Waals surface area contributed by atoms with E-state index >= 15 is 0 Å². The minimum Gasteiger partial charge on any atom is -0.341 e. The minimum absolute atomic E-state index is 0.283. The number of nitrogens with zero attached hydrogens (tertiary/aromatic N) is 1. The van der Waals surface area contributed by atoms with E-state index in [0.717, 1.165) is 30.4 Å². The summed E-state index contributed by atoms with van der Waals surface area (Å²) in [7, 11) is 1.98. The van der Waals surface area contributed by atoms with Gasteiger partial charge in [0, 0.05) is 30.0 Å². The highest BCUT2D eigenvalue weighted by molar-refractivity contribution is 9.10. The van der Waals surface area contributed by atoms with Crippen molar-refractivity contribution in [2.75, 3.05) is 20.1 Å². The summed E-state index contributed by atoms with van der Waals surface area (Å²) in [5.74, 6) is 0.283. The average molecular weight is 339 g/mol. The van der Waals surface area contributed by atoms with Gasteiger partial charge in [0.25, 0.3) is 0 Å². The lowest BCUT2D eigenvalue weighted by Crippen LogP contribution is -2.47. The molecule has 1 aliphatic rings. The van der Waals surface area contributed by atoms with Gasteiger partial charge in [-0.2, -0.15) is 0 Å². The molecule has 1 aliphatic heterocycles. The standard InChI is InChI=1S/C16H23BrN2O/c1-12-10-13(5-7-15(12)17)6-8-16(20)19-9-3-4-14(11-19)18-2/h5,7,10,14,18H,3-4,6,8-9,11H2,1-2H3/t14-/m0/s1. The van der Waals surface area contributed by atoms with Gasteiger partial charge in [0.15, 0.2) is 0 Å². The van der Waals surface area contributed by atoms with Crippen LogP contribution in [0.1, 0.15) is 30.4 Å². The molecule has 4 heteroatoms. The van der Waals surface area contributed by atoms with Crippen LogP contribution in [0.3, 0.4) is 0 Å². The van der Waals surface area contributed by atoms with E-state index in [0.29, 0.717) is 12.5 Å². The first-order valence-corrected chi connectivity index (χ1v) is 8.09. The molecule has 0 spiro atoms. The number of rotatable bonds is 4. The van der Waals surface area contributed by atoms with Crippen molar-refractivity contribution >= 4 is 21.8 Å². The van der Waals surface area contributed by atoms with Gasteiger partial charge in [-0.05, 0) is 50.4 Å². The number of amides is 1. The van der Waals surface area contributed by atoms with Crippen molar-refractivity contribution in [2.24, 2.45) is 0 Å². The van der Waals surface area contributed by atoms with Gasteiger partial charge in [-0.1, -0.05) is 28.1 Å². The molecule has 1 heterocycles. The molecule has 1 aromatic carbocycles. The summed E-state index contributed by atoms with van der Waals surface area (Å²) in [6.45, 7) is 3.85. The molecular formula is C16H23BrN2O. The zero-order valence-corrected chi connectivity index (χ0v) is 13.9. The quantitative estimate of drug-likeness (QED) is 0.915. The predicted molar refractivity (Wildman–Crippen MR) is 85.9 cm³/mol. The summed E-state index contributed by atoms with van der Waals surface area (Å²) in [6, 6.07) is 6.77. The van der Waals surface area contributed by atoms with E-state index in [1.165, 1.54) is 17.5 Å². The van der Waals surface area contributed by atoms with Gasteiger partial charge in [-0.3, -0.25) is 4.79 Å². The number of halogens is 1. The molecule has 3 nitrogen and oxygen atoms in total. The lowest BCUT2D eigenvalue weighted by molar-refractivity contribution is -0.132. The molecule has 0 unspecified atom stereocenters. The first-order valence-electron chi connectivity index (χ1n) is 7.30. The first-order chi connectivity index (χ1) is 9.60. The van der Waals surface area contributed by atoms with Crippen molar-refractivity contribution in [3.63, 3.8) is 0 Å². The fourth-order valence-electron chi connectivity index (χ4n) is 2.71. The highest BCUT2D eigenvalue weighted by atomic mass is 79.9. The van der Waals surface area contributed by atoms with Crippen LogP contribution in [0.25, 0.3) is 0 Å². The lowest BCUT2D eigenvalue weighted by atomic mass is 10.0. The van der Waals surface area contributed by atoms with E-state index in [1.54, 1.807) is 0 Å². The first kappa shape index (κ1) is 15.5. The number of benzene rings is 1. The smallest absolute Gasteiger partial charge is 0.222 e. The number of carbonyl (C=O) groups excluding carboxylic acids is 1. The van der Waals surface area contributed by atoms with Crippen LogP contribution in [0.4, 0.5) is 0 Å². The average Bonchev–Trinajstić information content (AvgIpc) is 2.48. The van der Waals surface area contributed by atoms with Crippen LogP contribution in [0, 0.1) is 6.92 Å². The van der Waals surface area contributed by atoms with E-state index in [2.05, 4.69) is 46.4 Å². The minimum atomic E-state index is 0.283. The third kappa shape index (κ3) is 4.06. The molecule has 2 rings (SSSR count). The summed E-state index contributed by atoms with van der Waals surface area (Å²) < 4.78 is 1.13. The van der Waals surface area contributed by atoms with E-state index in [1.807, 2.05) is 11.9 Å². The molecule has 1 fully saturated rings. The maximum absolute atomic E-state index is 12.3. The fraction of sp³-hybridized carbons (Fsp3) is 0.562. The third-order valence-corrected chi connectivity index (χ3v) is 4.92. The van der Waals surface area contributed by atoms with Crippen LogP contribution >= 0.6 is 15.9 Å². The number of piperidine rings is 1. The van der Waals surface area contributed by atoms with Crippen LogP contribution in [0.5, 0.6) is 0 Å². The number of likely N-dealkylation sites (tertiary alicyclic amines) is 1. The van der Waals surface area contributed by atoms with E-state index in [-0.39, 0.29) is 5.91 Å². The second-order valence-electron chi connectivity index (χ2n) is 5.55. The Morgan fingerprint density at radius 2 is 2.30 bits per heavy atom. The molecule has 0 saturated carbocycles. The van der Waals surface area contributed by atoms with Gasteiger partial charge in [-0.25, -0.2) is 0 Å². The molecule has 0 aromatic heterocycles. The van der Waals surface area contributed by atoms with Crippen LogP contribution in [-0.2, 0) is 11.2 Å². The second kappa shape index (κ2) is 7.23. The summed E-state index contributed by atoms with van der Waals surface area (Å²) in [5, 5.41) is 3.28. The number of carbonyl (C=O) groups is 1. The van der Waals surface area contributed by atoms with E-state index < -0.39 is 0 Å². The molecule has 20 heavy (non-hydrogen) atoms. The number of hydrogen-bond acceptors (Lipinski definition) is 2. The maximum atomic E-state index is 12.3. The van der Waals surface area contributed by atoms with Gasteiger partial charge in [0.05, 0.1) is 0 Å². The van der Waals surface area contributed by atoms with Crippen LogP contribution < -0.4 is 5.32 Å². The highest BCUT2D eigenvalue weighted by Gasteiger charge is 2.22. The third-order valence-electron chi connectivity index (χ3n) is 4.03. The van der Waals surface area contributed by atoms with Crippen molar-refractivity contribution in [1.29, 1.82) is 0 Å². The van der Waals surface area contributed by atoms with Crippen molar-refractivity contribution in [1.82, 2.24) is 10.2 Å². The summed E-state index contributed by atoms with van der Waals surface area (Å²) in [4.78, 5) is 14.3.